The first-order valence-electron chi connectivity index (χ1n) is 5.37. The van der Waals surface area contributed by atoms with Crippen LogP contribution in [0.5, 0.6) is 0 Å². The van der Waals surface area contributed by atoms with Gasteiger partial charge in [0.15, 0.2) is 0 Å². The van der Waals surface area contributed by atoms with Crippen molar-refractivity contribution < 1.29 is 23.8 Å². The Balaban J connectivity index is 2.29. The van der Waals surface area contributed by atoms with Crippen LogP contribution in [0.2, 0.25) is 0 Å². The van der Waals surface area contributed by atoms with E-state index in [-0.39, 0.29) is 25.3 Å². The second kappa shape index (κ2) is 6.70. The van der Waals surface area contributed by atoms with Crippen molar-refractivity contribution in [1.82, 2.24) is 0 Å². The third-order valence-electron chi connectivity index (χ3n) is 2.29. The van der Waals surface area contributed by atoms with Gasteiger partial charge in [-0.3, -0.25) is 9.59 Å². The minimum absolute atomic E-state index is 0.0254. The SMILES string of the molecule is N[C@@H](CCC(=O)OCc1ccc(F)cc1)C(=O)O. The van der Waals surface area contributed by atoms with Gasteiger partial charge in [0.2, 0.25) is 0 Å². The smallest absolute Gasteiger partial charge is 0.320 e. The van der Waals surface area contributed by atoms with Gasteiger partial charge in [0.25, 0.3) is 0 Å². The summed E-state index contributed by atoms with van der Waals surface area (Å²) in [5, 5.41) is 8.52. The van der Waals surface area contributed by atoms with Crippen LogP contribution >= 0.6 is 0 Å². The molecule has 0 spiro atoms. The first-order valence-corrected chi connectivity index (χ1v) is 5.37. The van der Waals surface area contributed by atoms with Gasteiger partial charge in [-0.1, -0.05) is 12.1 Å². The molecule has 18 heavy (non-hydrogen) atoms. The molecular formula is C12H14FNO4. The molecule has 0 radical (unpaired) electrons. The maximum atomic E-state index is 12.6. The molecule has 0 aliphatic heterocycles. The summed E-state index contributed by atoms with van der Waals surface area (Å²) in [4.78, 5) is 21.7. The highest BCUT2D eigenvalue weighted by Crippen LogP contribution is 2.06. The van der Waals surface area contributed by atoms with E-state index in [0.717, 1.165) is 0 Å². The Morgan fingerprint density at radius 2 is 1.94 bits per heavy atom. The summed E-state index contributed by atoms with van der Waals surface area (Å²) in [5.74, 6) is -2.05. The molecule has 0 aromatic heterocycles. The van der Waals surface area contributed by atoms with Crippen molar-refractivity contribution in [3.8, 4) is 0 Å². The summed E-state index contributed by atoms with van der Waals surface area (Å²) in [6.45, 7) is 0.0292. The normalized spacial score (nSPS) is 11.9. The number of benzene rings is 1. The lowest BCUT2D eigenvalue weighted by atomic mass is 10.2. The quantitative estimate of drug-likeness (QED) is 0.742. The molecule has 0 unspecified atom stereocenters. The van der Waals surface area contributed by atoms with E-state index in [9.17, 15) is 14.0 Å². The highest BCUT2D eigenvalue weighted by molar-refractivity contribution is 5.75. The molecule has 1 aromatic rings. The Kier molecular flexibility index (Phi) is 5.26. The molecule has 0 saturated heterocycles. The van der Waals surface area contributed by atoms with Crippen LogP contribution in [0.15, 0.2) is 24.3 Å². The van der Waals surface area contributed by atoms with Crippen LogP contribution in [0.1, 0.15) is 18.4 Å². The van der Waals surface area contributed by atoms with Crippen molar-refractivity contribution in [3.05, 3.63) is 35.6 Å². The number of halogens is 1. The molecular weight excluding hydrogens is 241 g/mol. The third kappa shape index (κ3) is 4.92. The number of hydrogen-bond acceptors (Lipinski definition) is 4. The molecule has 1 rings (SSSR count). The largest absolute Gasteiger partial charge is 0.480 e. The number of rotatable bonds is 6. The maximum Gasteiger partial charge on any atom is 0.320 e. The van der Waals surface area contributed by atoms with E-state index in [0.29, 0.717) is 5.56 Å². The highest BCUT2D eigenvalue weighted by atomic mass is 19.1. The van der Waals surface area contributed by atoms with Crippen LogP contribution in [-0.2, 0) is 20.9 Å². The molecule has 0 saturated carbocycles. The summed E-state index contributed by atoms with van der Waals surface area (Å²) in [7, 11) is 0. The van der Waals surface area contributed by atoms with Gasteiger partial charge in [-0.15, -0.1) is 0 Å². The van der Waals surface area contributed by atoms with E-state index in [1.807, 2.05) is 0 Å². The number of esters is 1. The van der Waals surface area contributed by atoms with E-state index in [1.54, 1.807) is 0 Å². The summed E-state index contributed by atoms with van der Waals surface area (Å²) in [5.41, 5.74) is 5.90. The van der Waals surface area contributed by atoms with Gasteiger partial charge in [0.05, 0.1) is 0 Å². The Morgan fingerprint density at radius 3 is 2.50 bits per heavy atom. The van der Waals surface area contributed by atoms with Crippen molar-refractivity contribution in [1.29, 1.82) is 0 Å². The fraction of sp³-hybridized carbons (Fsp3) is 0.333. The first kappa shape index (κ1) is 14.1. The van der Waals surface area contributed by atoms with Gasteiger partial charge in [0, 0.05) is 6.42 Å². The molecule has 0 amide bonds. The molecule has 6 heteroatoms. The summed E-state index contributed by atoms with van der Waals surface area (Å²) < 4.78 is 17.5. The Bertz CT molecular complexity index is 419. The summed E-state index contributed by atoms with van der Waals surface area (Å²) >= 11 is 0. The average Bonchev–Trinajstić information content (AvgIpc) is 2.35. The minimum Gasteiger partial charge on any atom is -0.480 e. The van der Waals surface area contributed by atoms with Gasteiger partial charge in [-0.25, -0.2) is 4.39 Å². The van der Waals surface area contributed by atoms with Gasteiger partial charge in [0.1, 0.15) is 18.5 Å². The second-order valence-electron chi connectivity index (χ2n) is 3.77. The second-order valence-corrected chi connectivity index (χ2v) is 3.77. The minimum atomic E-state index is -1.15. The highest BCUT2D eigenvalue weighted by Gasteiger charge is 2.14. The van der Waals surface area contributed by atoms with Crippen LogP contribution in [0.4, 0.5) is 4.39 Å². The Labute approximate surface area is 103 Å². The van der Waals surface area contributed by atoms with E-state index < -0.39 is 18.0 Å². The van der Waals surface area contributed by atoms with Crippen molar-refractivity contribution in [2.75, 3.05) is 0 Å². The number of carbonyl (C=O) groups excluding carboxylic acids is 1. The zero-order valence-corrected chi connectivity index (χ0v) is 9.64. The van der Waals surface area contributed by atoms with Crippen molar-refractivity contribution >= 4 is 11.9 Å². The van der Waals surface area contributed by atoms with Gasteiger partial charge < -0.3 is 15.6 Å². The predicted octanol–water partition coefficient (Wildman–Crippen LogP) is 1.06. The third-order valence-corrected chi connectivity index (χ3v) is 2.29. The number of carboxylic acid groups (broad SMARTS) is 1. The van der Waals surface area contributed by atoms with Crippen LogP contribution in [0.25, 0.3) is 0 Å². The number of carbonyl (C=O) groups is 2. The van der Waals surface area contributed by atoms with Gasteiger partial charge in [-0.05, 0) is 24.1 Å². The van der Waals surface area contributed by atoms with Crippen LogP contribution < -0.4 is 5.73 Å². The standard InChI is InChI=1S/C12H14FNO4/c13-9-3-1-8(2-4-9)7-18-11(15)6-5-10(14)12(16)17/h1-4,10H,5-7,14H2,(H,16,17)/t10-/m0/s1. The molecule has 1 aromatic carbocycles. The molecule has 0 heterocycles. The van der Waals surface area contributed by atoms with E-state index in [2.05, 4.69) is 0 Å². The molecule has 0 fully saturated rings. The zero-order valence-electron chi connectivity index (χ0n) is 9.64. The Morgan fingerprint density at radius 1 is 1.33 bits per heavy atom. The lowest BCUT2D eigenvalue weighted by molar-refractivity contribution is -0.145. The van der Waals surface area contributed by atoms with Crippen LogP contribution in [0, 0.1) is 5.82 Å². The monoisotopic (exact) mass is 255 g/mol. The summed E-state index contributed by atoms with van der Waals surface area (Å²) in [6.07, 6.45) is -0.0355. The fourth-order valence-corrected chi connectivity index (χ4v) is 1.21. The van der Waals surface area contributed by atoms with Gasteiger partial charge in [-0.2, -0.15) is 0 Å². The Hall–Kier alpha value is -1.95. The number of carboxylic acids is 1. The molecule has 0 aliphatic rings. The molecule has 98 valence electrons. The average molecular weight is 255 g/mol. The van der Waals surface area contributed by atoms with Crippen molar-refractivity contribution in [3.63, 3.8) is 0 Å². The number of aliphatic carboxylic acids is 1. The zero-order chi connectivity index (χ0) is 13.5. The van der Waals surface area contributed by atoms with Crippen LogP contribution in [-0.4, -0.2) is 23.1 Å². The van der Waals surface area contributed by atoms with Crippen LogP contribution in [0.3, 0.4) is 0 Å². The maximum absolute atomic E-state index is 12.6. The molecule has 1 atom stereocenters. The van der Waals surface area contributed by atoms with Crippen molar-refractivity contribution in [2.45, 2.75) is 25.5 Å². The van der Waals surface area contributed by atoms with Crippen molar-refractivity contribution in [2.24, 2.45) is 5.73 Å². The van der Waals surface area contributed by atoms with E-state index in [1.165, 1.54) is 24.3 Å². The lowest BCUT2D eigenvalue weighted by Gasteiger charge is -2.07. The van der Waals surface area contributed by atoms with E-state index >= 15 is 0 Å². The number of hydrogen-bond donors (Lipinski definition) is 2. The molecule has 0 aliphatic carbocycles. The lowest BCUT2D eigenvalue weighted by Crippen LogP contribution is -2.30. The molecule has 3 N–H and O–H groups in total. The predicted molar refractivity (Wildman–Crippen MR) is 61.0 cm³/mol. The summed E-state index contributed by atoms with van der Waals surface area (Å²) in [6, 6.07) is 4.48. The number of ether oxygens (including phenoxy) is 1. The first-order chi connectivity index (χ1) is 8.49. The number of nitrogens with two attached hydrogens (primary N) is 1. The topological polar surface area (TPSA) is 89.6 Å². The molecule has 0 bridgehead atoms. The fourth-order valence-electron chi connectivity index (χ4n) is 1.21. The van der Waals surface area contributed by atoms with Gasteiger partial charge >= 0.3 is 11.9 Å². The van der Waals surface area contributed by atoms with E-state index in [4.69, 9.17) is 15.6 Å². The molecule has 5 nitrogen and oxygen atoms in total.